The Balaban J connectivity index is 1.96. The van der Waals surface area contributed by atoms with Gasteiger partial charge in [-0.1, -0.05) is 12.1 Å². The maximum absolute atomic E-state index is 6.08. The zero-order valence-corrected chi connectivity index (χ0v) is 13.2. The van der Waals surface area contributed by atoms with Gasteiger partial charge in [-0.3, -0.25) is 11.3 Å². The van der Waals surface area contributed by atoms with E-state index in [9.17, 15) is 0 Å². The number of rotatable bonds is 6. The molecule has 0 saturated carbocycles. The summed E-state index contributed by atoms with van der Waals surface area (Å²) in [5.74, 6) is 7.59. The van der Waals surface area contributed by atoms with E-state index in [2.05, 4.69) is 25.3 Å². The molecule has 1 aliphatic rings. The van der Waals surface area contributed by atoms with E-state index in [-0.39, 0.29) is 17.7 Å². The van der Waals surface area contributed by atoms with Gasteiger partial charge in [-0.2, -0.15) is 0 Å². The lowest BCUT2D eigenvalue weighted by Gasteiger charge is -2.33. The first kappa shape index (κ1) is 15.6. The number of hydrogen-bond donors (Lipinski definition) is 2. The summed E-state index contributed by atoms with van der Waals surface area (Å²) >= 11 is 1.83. The number of para-hydroxylation sites is 1. The highest BCUT2D eigenvalue weighted by Gasteiger charge is 2.29. The molecule has 1 heterocycles. The van der Waals surface area contributed by atoms with Crippen LogP contribution in [0.5, 0.6) is 5.75 Å². The Hall–Kier alpha value is -0.750. The van der Waals surface area contributed by atoms with Crippen LogP contribution in [0.2, 0.25) is 0 Å². The number of methoxy groups -OCH3 is 1. The highest BCUT2D eigenvalue weighted by atomic mass is 32.2. The smallest absolute Gasteiger partial charge is 0.133 e. The van der Waals surface area contributed by atoms with Crippen LogP contribution in [0, 0.1) is 0 Å². The Labute approximate surface area is 125 Å². The number of hydrazine groups is 1. The third-order valence-electron chi connectivity index (χ3n) is 3.80. The molecule has 0 radical (unpaired) electrons. The SMILES string of the molecule is COC(C)(C)CCC(NN)C1CSc2ccccc2O1. The van der Waals surface area contributed by atoms with Crippen molar-refractivity contribution in [1.82, 2.24) is 5.43 Å². The lowest BCUT2D eigenvalue weighted by molar-refractivity contribution is 0.00823. The molecule has 0 bridgehead atoms. The molecule has 0 aromatic heterocycles. The summed E-state index contributed by atoms with van der Waals surface area (Å²) in [5, 5.41) is 0. The van der Waals surface area contributed by atoms with Gasteiger partial charge in [0.25, 0.3) is 0 Å². The van der Waals surface area contributed by atoms with E-state index >= 15 is 0 Å². The predicted molar refractivity (Wildman–Crippen MR) is 83.0 cm³/mol. The van der Waals surface area contributed by atoms with E-state index in [0.29, 0.717) is 0 Å². The summed E-state index contributed by atoms with van der Waals surface area (Å²) in [6.07, 6.45) is 1.95. The van der Waals surface area contributed by atoms with Crippen LogP contribution >= 0.6 is 11.8 Å². The average molecular weight is 296 g/mol. The van der Waals surface area contributed by atoms with Gasteiger partial charge in [0.15, 0.2) is 0 Å². The van der Waals surface area contributed by atoms with E-state index in [1.54, 1.807) is 7.11 Å². The Morgan fingerprint density at radius 2 is 2.25 bits per heavy atom. The number of nitrogens with two attached hydrogens (primary N) is 1. The van der Waals surface area contributed by atoms with Crippen LogP contribution in [0.4, 0.5) is 0 Å². The molecule has 1 aromatic rings. The standard InChI is InChI=1S/C15H24N2O2S/c1-15(2,18-3)9-8-11(17-16)13-10-20-14-7-5-4-6-12(14)19-13/h4-7,11,13,17H,8-10,16H2,1-3H3. The van der Waals surface area contributed by atoms with Crippen LogP contribution in [-0.4, -0.2) is 30.6 Å². The highest BCUT2D eigenvalue weighted by molar-refractivity contribution is 7.99. The van der Waals surface area contributed by atoms with Crippen LogP contribution in [0.3, 0.4) is 0 Å². The largest absolute Gasteiger partial charge is 0.487 e. The molecule has 20 heavy (non-hydrogen) atoms. The topological polar surface area (TPSA) is 56.5 Å². The molecule has 0 amide bonds. The van der Waals surface area contributed by atoms with Crippen molar-refractivity contribution in [1.29, 1.82) is 0 Å². The van der Waals surface area contributed by atoms with Crippen molar-refractivity contribution < 1.29 is 9.47 Å². The number of hydrogen-bond acceptors (Lipinski definition) is 5. The minimum absolute atomic E-state index is 0.0903. The monoisotopic (exact) mass is 296 g/mol. The number of nitrogens with one attached hydrogen (secondary N) is 1. The molecule has 1 aromatic carbocycles. The van der Waals surface area contributed by atoms with Gasteiger partial charge in [-0.15, -0.1) is 11.8 Å². The van der Waals surface area contributed by atoms with Gasteiger partial charge in [0.05, 0.1) is 11.6 Å². The van der Waals surface area contributed by atoms with Gasteiger partial charge in [0.1, 0.15) is 11.9 Å². The maximum Gasteiger partial charge on any atom is 0.133 e. The fourth-order valence-electron chi connectivity index (χ4n) is 2.22. The molecule has 0 aliphatic carbocycles. The summed E-state index contributed by atoms with van der Waals surface area (Å²) in [5.41, 5.74) is 2.78. The number of benzene rings is 1. The van der Waals surface area contributed by atoms with Crippen LogP contribution in [0.25, 0.3) is 0 Å². The molecule has 2 unspecified atom stereocenters. The van der Waals surface area contributed by atoms with Gasteiger partial charge in [-0.25, -0.2) is 0 Å². The van der Waals surface area contributed by atoms with Crippen molar-refractivity contribution in [3.8, 4) is 5.75 Å². The lowest BCUT2D eigenvalue weighted by Crippen LogP contribution is -2.49. The van der Waals surface area contributed by atoms with Gasteiger partial charge < -0.3 is 9.47 Å². The lowest BCUT2D eigenvalue weighted by atomic mass is 9.97. The molecule has 2 atom stereocenters. The first-order valence-electron chi connectivity index (χ1n) is 6.95. The third-order valence-corrected chi connectivity index (χ3v) is 4.95. The van der Waals surface area contributed by atoms with E-state index < -0.39 is 0 Å². The molecule has 2 rings (SSSR count). The zero-order chi connectivity index (χ0) is 14.6. The molecule has 1 aliphatic heterocycles. The molecular formula is C15H24N2O2S. The van der Waals surface area contributed by atoms with Crippen molar-refractivity contribution in [2.75, 3.05) is 12.9 Å². The Kier molecular flexibility index (Phi) is 5.32. The van der Waals surface area contributed by atoms with Crippen LogP contribution in [0.15, 0.2) is 29.2 Å². The first-order chi connectivity index (χ1) is 9.55. The summed E-state index contributed by atoms with van der Waals surface area (Å²) in [6.45, 7) is 4.18. The molecule has 0 saturated heterocycles. The van der Waals surface area contributed by atoms with Crippen LogP contribution in [0.1, 0.15) is 26.7 Å². The average Bonchev–Trinajstić information content (AvgIpc) is 2.47. The summed E-state index contributed by atoms with van der Waals surface area (Å²) < 4.78 is 11.5. The zero-order valence-electron chi connectivity index (χ0n) is 12.4. The van der Waals surface area contributed by atoms with Crippen LogP contribution < -0.4 is 16.0 Å². The molecular weight excluding hydrogens is 272 g/mol. The van der Waals surface area contributed by atoms with Gasteiger partial charge in [-0.05, 0) is 38.8 Å². The van der Waals surface area contributed by atoms with Crippen molar-refractivity contribution >= 4 is 11.8 Å². The first-order valence-corrected chi connectivity index (χ1v) is 7.94. The minimum Gasteiger partial charge on any atom is -0.487 e. The molecule has 3 N–H and O–H groups in total. The van der Waals surface area contributed by atoms with Crippen molar-refractivity contribution in [2.45, 2.75) is 49.3 Å². The second kappa shape index (κ2) is 6.80. The normalized spacial score (nSPS) is 20.1. The Bertz CT molecular complexity index is 440. The molecule has 112 valence electrons. The molecule has 5 heteroatoms. The Morgan fingerprint density at radius 1 is 1.50 bits per heavy atom. The summed E-state index contributed by atoms with van der Waals surface area (Å²) in [4.78, 5) is 1.21. The van der Waals surface area contributed by atoms with Crippen molar-refractivity contribution in [3.63, 3.8) is 0 Å². The van der Waals surface area contributed by atoms with Gasteiger partial charge in [0, 0.05) is 17.8 Å². The van der Waals surface area contributed by atoms with Crippen molar-refractivity contribution in [3.05, 3.63) is 24.3 Å². The second-order valence-electron chi connectivity index (χ2n) is 5.69. The van der Waals surface area contributed by atoms with E-state index in [4.69, 9.17) is 15.3 Å². The van der Waals surface area contributed by atoms with Gasteiger partial charge >= 0.3 is 0 Å². The summed E-state index contributed by atoms with van der Waals surface area (Å²) in [6, 6.07) is 8.28. The van der Waals surface area contributed by atoms with Crippen molar-refractivity contribution in [2.24, 2.45) is 5.84 Å². The predicted octanol–water partition coefficient (Wildman–Crippen LogP) is 2.58. The second-order valence-corrected chi connectivity index (χ2v) is 6.75. The van der Waals surface area contributed by atoms with Crippen LogP contribution in [-0.2, 0) is 4.74 Å². The molecule has 0 fully saturated rings. The summed E-state index contributed by atoms with van der Waals surface area (Å²) in [7, 11) is 1.74. The fourth-order valence-corrected chi connectivity index (χ4v) is 3.29. The highest BCUT2D eigenvalue weighted by Crippen LogP contribution is 2.36. The fraction of sp³-hybridized carbons (Fsp3) is 0.600. The third kappa shape index (κ3) is 3.88. The van der Waals surface area contributed by atoms with E-state index in [0.717, 1.165) is 24.3 Å². The quantitative estimate of drug-likeness (QED) is 0.624. The number of fused-ring (bicyclic) bond motifs is 1. The number of thioether (sulfide) groups is 1. The van der Waals surface area contributed by atoms with E-state index in [1.807, 2.05) is 30.0 Å². The van der Waals surface area contributed by atoms with E-state index in [1.165, 1.54) is 4.90 Å². The maximum atomic E-state index is 6.08. The minimum atomic E-state index is -0.130. The molecule has 4 nitrogen and oxygen atoms in total. The van der Waals surface area contributed by atoms with Gasteiger partial charge in [0.2, 0.25) is 0 Å². The number of ether oxygens (including phenoxy) is 2. The molecule has 0 spiro atoms. The Morgan fingerprint density at radius 3 is 2.95 bits per heavy atom.